The van der Waals surface area contributed by atoms with Gasteiger partial charge in [0, 0.05) is 13.2 Å². The Morgan fingerprint density at radius 3 is 3.00 bits per heavy atom. The number of aromatic nitrogens is 2. The van der Waals surface area contributed by atoms with Gasteiger partial charge in [0.15, 0.2) is 0 Å². The van der Waals surface area contributed by atoms with Crippen molar-refractivity contribution in [3.8, 4) is 0 Å². The summed E-state index contributed by atoms with van der Waals surface area (Å²) in [5.74, 6) is 0. The first-order valence-corrected chi connectivity index (χ1v) is 6.71. The number of ether oxygens (including phenoxy) is 1. The molecule has 1 saturated heterocycles. The normalized spacial score (nSPS) is 21.6. The molecule has 0 aliphatic carbocycles. The molecule has 2 rings (SSSR count). The number of rotatable bonds is 4. The van der Waals surface area contributed by atoms with E-state index in [0.29, 0.717) is 10.6 Å². The Hall–Kier alpha value is -0.230. The monoisotopic (exact) mass is 261 g/mol. The van der Waals surface area contributed by atoms with E-state index in [-0.39, 0.29) is 0 Å². The minimum absolute atomic E-state index is 0.377. The molecule has 1 aliphatic rings. The molecule has 90 valence electrons. The van der Waals surface area contributed by atoms with E-state index in [1.807, 2.05) is 0 Å². The Kier molecular flexibility index (Phi) is 4.52. The Bertz CT molecular complexity index is 328. The van der Waals surface area contributed by atoms with Gasteiger partial charge in [0.05, 0.1) is 12.6 Å². The highest BCUT2D eigenvalue weighted by Gasteiger charge is 2.16. The molecule has 0 bridgehead atoms. The maximum Gasteiger partial charge on any atom is 0.207 e. The highest BCUT2D eigenvalue weighted by atomic mass is 35.5. The van der Waals surface area contributed by atoms with Gasteiger partial charge in [-0.1, -0.05) is 11.3 Å². The van der Waals surface area contributed by atoms with Gasteiger partial charge in [-0.2, -0.15) is 0 Å². The van der Waals surface area contributed by atoms with Crippen molar-refractivity contribution in [2.75, 3.05) is 20.2 Å². The number of likely N-dealkylation sites (N-methyl/N-ethyl adjacent to an activating group) is 1. The van der Waals surface area contributed by atoms with Gasteiger partial charge in [-0.25, -0.2) is 0 Å². The summed E-state index contributed by atoms with van der Waals surface area (Å²) >= 11 is 7.18. The molecule has 6 heteroatoms. The lowest BCUT2D eigenvalue weighted by atomic mass is 10.1. The molecule has 1 unspecified atom stereocenters. The average molecular weight is 262 g/mol. The zero-order valence-corrected chi connectivity index (χ0v) is 10.9. The number of hydrogen-bond donors (Lipinski definition) is 0. The van der Waals surface area contributed by atoms with Crippen LogP contribution in [-0.4, -0.2) is 41.4 Å². The number of halogens is 1. The van der Waals surface area contributed by atoms with Crippen LogP contribution in [0.3, 0.4) is 0 Å². The minimum atomic E-state index is 0.377. The molecule has 0 N–H and O–H groups in total. The summed E-state index contributed by atoms with van der Waals surface area (Å²) in [5, 5.41) is 8.76. The molecule has 2 heterocycles. The van der Waals surface area contributed by atoms with E-state index in [0.717, 1.165) is 24.7 Å². The summed E-state index contributed by atoms with van der Waals surface area (Å²) in [4.78, 5) is 2.22. The molecule has 1 fully saturated rings. The molecule has 1 aromatic heterocycles. The van der Waals surface area contributed by atoms with Crippen LogP contribution in [0.2, 0.25) is 4.47 Å². The fraction of sp³-hybridized carbons (Fsp3) is 0.800. The molecule has 4 nitrogen and oxygen atoms in total. The molecule has 1 aromatic rings. The predicted octanol–water partition coefficient (Wildman–Crippen LogP) is 2.19. The van der Waals surface area contributed by atoms with E-state index in [1.54, 1.807) is 0 Å². The molecule has 0 spiro atoms. The van der Waals surface area contributed by atoms with Crippen molar-refractivity contribution < 1.29 is 4.74 Å². The summed E-state index contributed by atoms with van der Waals surface area (Å²) in [6.45, 7) is 2.66. The standard InChI is InChI=1S/C10H16ClN3OS/c1-14(6-8-4-2-3-5-15-8)7-9-12-13-10(11)16-9/h8H,2-7H2,1H3. The van der Waals surface area contributed by atoms with Gasteiger partial charge in [-0.3, -0.25) is 4.90 Å². The fourth-order valence-corrected chi connectivity index (χ4v) is 2.84. The summed E-state index contributed by atoms with van der Waals surface area (Å²) in [6.07, 6.45) is 4.03. The highest BCUT2D eigenvalue weighted by Crippen LogP contribution is 2.18. The van der Waals surface area contributed by atoms with E-state index >= 15 is 0 Å². The van der Waals surface area contributed by atoms with Crippen molar-refractivity contribution in [3.05, 3.63) is 9.47 Å². The molecule has 16 heavy (non-hydrogen) atoms. The Morgan fingerprint density at radius 1 is 1.50 bits per heavy atom. The minimum Gasteiger partial charge on any atom is -0.377 e. The van der Waals surface area contributed by atoms with E-state index in [9.17, 15) is 0 Å². The Morgan fingerprint density at radius 2 is 2.38 bits per heavy atom. The predicted molar refractivity (Wildman–Crippen MR) is 64.8 cm³/mol. The zero-order chi connectivity index (χ0) is 11.4. The van der Waals surface area contributed by atoms with Crippen LogP contribution < -0.4 is 0 Å². The van der Waals surface area contributed by atoms with Crippen LogP contribution >= 0.6 is 22.9 Å². The third-order valence-corrected chi connectivity index (χ3v) is 3.64. The fourth-order valence-electron chi connectivity index (χ4n) is 1.89. The quantitative estimate of drug-likeness (QED) is 0.833. The maximum atomic E-state index is 5.74. The Labute approximate surface area is 105 Å². The lowest BCUT2D eigenvalue weighted by Crippen LogP contribution is -2.33. The first-order valence-electron chi connectivity index (χ1n) is 5.52. The van der Waals surface area contributed by atoms with Crippen molar-refractivity contribution in [1.29, 1.82) is 0 Å². The van der Waals surface area contributed by atoms with E-state index < -0.39 is 0 Å². The van der Waals surface area contributed by atoms with Gasteiger partial charge < -0.3 is 4.74 Å². The molecule has 0 radical (unpaired) electrons. The lowest BCUT2D eigenvalue weighted by Gasteiger charge is -2.26. The second-order valence-corrected chi connectivity index (χ2v) is 5.78. The lowest BCUT2D eigenvalue weighted by molar-refractivity contribution is -0.00262. The van der Waals surface area contributed by atoms with Crippen molar-refractivity contribution in [3.63, 3.8) is 0 Å². The maximum absolute atomic E-state index is 5.74. The molecule has 1 aliphatic heterocycles. The summed E-state index contributed by atoms with van der Waals surface area (Å²) in [6, 6.07) is 0. The molecular weight excluding hydrogens is 246 g/mol. The zero-order valence-electron chi connectivity index (χ0n) is 9.36. The van der Waals surface area contributed by atoms with Gasteiger partial charge in [0.2, 0.25) is 4.47 Å². The second kappa shape index (κ2) is 5.91. The molecule has 0 amide bonds. The Balaban J connectivity index is 1.77. The van der Waals surface area contributed by atoms with E-state index in [2.05, 4.69) is 22.1 Å². The van der Waals surface area contributed by atoms with Crippen LogP contribution in [0.15, 0.2) is 0 Å². The first-order chi connectivity index (χ1) is 7.74. The molecule has 0 aromatic carbocycles. The SMILES string of the molecule is CN(Cc1nnc(Cl)s1)CC1CCCCO1. The average Bonchev–Trinajstić information content (AvgIpc) is 2.65. The van der Waals surface area contributed by atoms with Gasteiger partial charge >= 0.3 is 0 Å². The smallest absolute Gasteiger partial charge is 0.207 e. The molecule has 1 atom stereocenters. The van der Waals surface area contributed by atoms with Crippen LogP contribution in [0, 0.1) is 0 Å². The summed E-state index contributed by atoms with van der Waals surface area (Å²) < 4.78 is 6.20. The van der Waals surface area contributed by atoms with E-state index in [4.69, 9.17) is 16.3 Å². The van der Waals surface area contributed by atoms with Crippen molar-refractivity contribution in [2.45, 2.75) is 31.9 Å². The third kappa shape index (κ3) is 3.66. The number of nitrogens with zero attached hydrogens (tertiary/aromatic N) is 3. The summed E-state index contributed by atoms with van der Waals surface area (Å²) in [5.41, 5.74) is 0. The molecule has 0 saturated carbocycles. The van der Waals surface area contributed by atoms with Gasteiger partial charge in [0.1, 0.15) is 5.01 Å². The van der Waals surface area contributed by atoms with E-state index in [1.165, 1.54) is 30.6 Å². The molecular formula is C10H16ClN3OS. The highest BCUT2D eigenvalue weighted by molar-refractivity contribution is 7.15. The van der Waals surface area contributed by atoms with Crippen LogP contribution in [0.25, 0.3) is 0 Å². The van der Waals surface area contributed by atoms with Gasteiger partial charge in [-0.05, 0) is 37.9 Å². The van der Waals surface area contributed by atoms with Crippen LogP contribution in [-0.2, 0) is 11.3 Å². The van der Waals surface area contributed by atoms with Crippen LogP contribution in [0.5, 0.6) is 0 Å². The van der Waals surface area contributed by atoms with Gasteiger partial charge in [-0.15, -0.1) is 10.2 Å². The largest absolute Gasteiger partial charge is 0.377 e. The topological polar surface area (TPSA) is 38.2 Å². The van der Waals surface area contributed by atoms with Crippen LogP contribution in [0.1, 0.15) is 24.3 Å². The second-order valence-electron chi connectivity index (χ2n) is 4.13. The van der Waals surface area contributed by atoms with Crippen molar-refractivity contribution >= 4 is 22.9 Å². The third-order valence-electron chi connectivity index (χ3n) is 2.64. The number of hydrogen-bond acceptors (Lipinski definition) is 5. The first kappa shape index (κ1) is 12.2. The van der Waals surface area contributed by atoms with Gasteiger partial charge in [0.25, 0.3) is 0 Å². The van der Waals surface area contributed by atoms with Crippen molar-refractivity contribution in [1.82, 2.24) is 15.1 Å². The van der Waals surface area contributed by atoms with Crippen LogP contribution in [0.4, 0.5) is 0 Å². The van der Waals surface area contributed by atoms with Crippen molar-refractivity contribution in [2.24, 2.45) is 0 Å². The summed E-state index contributed by atoms with van der Waals surface area (Å²) in [7, 11) is 2.08.